The molecule has 69 heavy (non-hydrogen) atoms. The highest BCUT2D eigenvalue weighted by Crippen LogP contribution is 2.47. The minimum Gasteiger partial charge on any atom is -0.310 e. The Hall–Kier alpha value is -7.60. The number of anilines is 6. The van der Waals surface area contributed by atoms with Crippen molar-refractivity contribution in [2.24, 2.45) is 0 Å². The molecule has 4 heterocycles. The lowest BCUT2D eigenvalue weighted by Crippen LogP contribution is -2.37. The van der Waals surface area contributed by atoms with Crippen molar-refractivity contribution in [1.82, 2.24) is 8.80 Å². The van der Waals surface area contributed by atoms with Crippen molar-refractivity contribution in [2.45, 2.75) is 66.1 Å². The van der Waals surface area contributed by atoms with Gasteiger partial charge in [0.25, 0.3) is 0 Å². The number of benzene rings is 9. The quantitative estimate of drug-likeness (QED) is 0.134. The summed E-state index contributed by atoms with van der Waals surface area (Å²) in [7, 11) is -1.47. The molecule has 9 aromatic carbocycles. The summed E-state index contributed by atoms with van der Waals surface area (Å²) in [6.07, 6.45) is 0. The molecule has 0 fully saturated rings. The fourth-order valence-corrected chi connectivity index (χ4v) is 12.6. The van der Waals surface area contributed by atoms with Crippen molar-refractivity contribution in [3.63, 3.8) is 0 Å². The van der Waals surface area contributed by atoms with Crippen molar-refractivity contribution < 1.29 is 0 Å². The molecule has 0 aliphatic rings. The topological polar surface area (TPSA) is 15.3 Å². The molecule has 0 amide bonds. The second-order valence-electron chi connectivity index (χ2n) is 21.2. The van der Waals surface area contributed by atoms with E-state index in [1.54, 1.807) is 0 Å². The Balaban J connectivity index is 0.983. The summed E-state index contributed by atoms with van der Waals surface area (Å²) in [4.78, 5) is 4.83. The molecule has 0 saturated carbocycles. The lowest BCUT2D eigenvalue weighted by molar-refractivity contribution is 0.866. The van der Waals surface area contributed by atoms with Gasteiger partial charge in [-0.05, 0) is 127 Å². The van der Waals surface area contributed by atoms with Gasteiger partial charge in [0.2, 0.25) is 0 Å². The standard InChI is InChI=1S/C64H56N4Si/c1-39(2)42-17-23-45(24-18-42)65(44-21-15-41(5)16-22-44)48-29-33-59-55(35-48)51-11-9-13-53-57-38-62-58(37-61(57)67(59)63(51)53)54-14-10-12-52-56-36-49(30-34-60(56)68(62)64(52)54)66(46-25-19-43(20-26-46)40(3)4)47-27-31-50(32-28-47)69(6,7)8/h9-40H,1-8H3. The molecule has 0 spiro atoms. The molecular formula is C64H56N4Si. The first-order valence-corrected chi connectivity index (χ1v) is 28.2. The van der Waals surface area contributed by atoms with Crippen LogP contribution >= 0.6 is 0 Å². The van der Waals surface area contributed by atoms with Gasteiger partial charge in [-0.2, -0.15) is 0 Å². The smallest absolute Gasteiger partial charge is 0.0775 e. The maximum atomic E-state index is 2.54. The molecule has 0 aliphatic heterocycles. The fraction of sp³-hybridized carbons (Fsp3) is 0.156. The van der Waals surface area contributed by atoms with Crippen LogP contribution in [0.25, 0.3) is 76.2 Å². The van der Waals surface area contributed by atoms with Gasteiger partial charge in [0.15, 0.2) is 0 Å². The number of aromatic nitrogens is 2. The second kappa shape index (κ2) is 15.2. The highest BCUT2D eigenvalue weighted by atomic mass is 28.3. The molecule has 336 valence electrons. The number of rotatable bonds is 9. The predicted molar refractivity (Wildman–Crippen MR) is 301 cm³/mol. The van der Waals surface area contributed by atoms with E-state index >= 15 is 0 Å². The average molecular weight is 909 g/mol. The van der Waals surface area contributed by atoms with Crippen molar-refractivity contribution in [1.29, 1.82) is 0 Å². The molecule has 0 saturated heterocycles. The van der Waals surface area contributed by atoms with Crippen molar-refractivity contribution >= 4 is 124 Å². The molecule has 0 unspecified atom stereocenters. The lowest BCUT2D eigenvalue weighted by atomic mass is 10.0. The third-order valence-electron chi connectivity index (χ3n) is 15.2. The Labute approximate surface area is 404 Å². The molecule has 0 radical (unpaired) electrons. The number of fused-ring (bicyclic) bond motifs is 12. The highest BCUT2D eigenvalue weighted by Gasteiger charge is 2.25. The summed E-state index contributed by atoms with van der Waals surface area (Å²) in [6.45, 7) is 18.5. The summed E-state index contributed by atoms with van der Waals surface area (Å²) in [5.74, 6) is 0.947. The molecule has 4 aromatic heterocycles. The van der Waals surface area contributed by atoms with E-state index in [0.717, 1.165) is 22.7 Å². The Morgan fingerprint density at radius 2 is 0.681 bits per heavy atom. The molecule has 13 rings (SSSR count). The normalized spacial score (nSPS) is 12.6. The van der Waals surface area contributed by atoms with Gasteiger partial charge in [-0.15, -0.1) is 0 Å². The van der Waals surface area contributed by atoms with Gasteiger partial charge >= 0.3 is 0 Å². The van der Waals surface area contributed by atoms with Gasteiger partial charge in [-0.1, -0.05) is 143 Å². The molecule has 0 N–H and O–H groups in total. The predicted octanol–water partition coefficient (Wildman–Crippen LogP) is 18.0. The van der Waals surface area contributed by atoms with Crippen molar-refractivity contribution in [3.8, 4) is 0 Å². The zero-order chi connectivity index (χ0) is 47.0. The van der Waals surface area contributed by atoms with E-state index in [9.17, 15) is 0 Å². The van der Waals surface area contributed by atoms with Gasteiger partial charge in [-0.25, -0.2) is 0 Å². The van der Waals surface area contributed by atoms with Crippen LogP contribution in [-0.4, -0.2) is 16.9 Å². The fourth-order valence-electron chi connectivity index (χ4n) is 11.4. The molecule has 13 aromatic rings. The van der Waals surface area contributed by atoms with Gasteiger partial charge in [0.1, 0.15) is 0 Å². The molecule has 0 aliphatic carbocycles. The molecule has 0 atom stereocenters. The van der Waals surface area contributed by atoms with E-state index in [2.05, 4.69) is 255 Å². The van der Waals surface area contributed by atoms with Crippen LogP contribution in [0.5, 0.6) is 0 Å². The minimum atomic E-state index is -1.47. The Morgan fingerprint density at radius 1 is 0.348 bits per heavy atom. The summed E-state index contributed by atoms with van der Waals surface area (Å²) in [5.41, 5.74) is 18.4. The molecule has 0 bridgehead atoms. The SMILES string of the molecule is Cc1ccc(N(c2ccc(C(C)C)cc2)c2ccc3c(c2)c2cccc4c5cc6c(cc5n3c24)c2cccc3c4cc(N(c5ccc(C(C)C)cc5)c5ccc([Si](C)(C)C)cc5)ccc4n6c32)cc1. The van der Waals surface area contributed by atoms with Crippen molar-refractivity contribution in [3.05, 3.63) is 199 Å². The van der Waals surface area contributed by atoms with Crippen LogP contribution in [0.4, 0.5) is 34.1 Å². The Bertz CT molecular complexity index is 4090. The van der Waals surface area contributed by atoms with Crippen LogP contribution < -0.4 is 15.0 Å². The molecule has 4 nitrogen and oxygen atoms in total. The van der Waals surface area contributed by atoms with E-state index in [1.165, 1.54) is 109 Å². The summed E-state index contributed by atoms with van der Waals surface area (Å²) in [6, 6.07) is 69.4. The first-order valence-electron chi connectivity index (χ1n) is 24.7. The summed E-state index contributed by atoms with van der Waals surface area (Å²) >= 11 is 0. The van der Waals surface area contributed by atoms with Crippen molar-refractivity contribution in [2.75, 3.05) is 9.80 Å². The molecule has 5 heteroatoms. The Kier molecular flexibility index (Phi) is 9.16. The van der Waals surface area contributed by atoms with Crippen LogP contribution in [0, 0.1) is 6.92 Å². The van der Waals surface area contributed by atoms with E-state index in [0.29, 0.717) is 11.8 Å². The minimum absolute atomic E-state index is 0.472. The monoisotopic (exact) mass is 908 g/mol. The third-order valence-corrected chi connectivity index (χ3v) is 17.2. The maximum absolute atomic E-state index is 2.54. The maximum Gasteiger partial charge on any atom is 0.0775 e. The van der Waals surface area contributed by atoms with Crippen LogP contribution in [0.3, 0.4) is 0 Å². The first-order chi connectivity index (χ1) is 33.4. The second-order valence-corrected chi connectivity index (χ2v) is 26.2. The van der Waals surface area contributed by atoms with Gasteiger partial charge < -0.3 is 18.6 Å². The first kappa shape index (κ1) is 41.6. The average Bonchev–Trinajstić information content (AvgIpc) is 4.08. The summed E-state index contributed by atoms with van der Waals surface area (Å²) in [5, 5.41) is 11.7. The van der Waals surface area contributed by atoms with Gasteiger partial charge in [0, 0.05) is 77.2 Å². The molecular weight excluding hydrogens is 853 g/mol. The van der Waals surface area contributed by atoms with E-state index in [-0.39, 0.29) is 0 Å². The zero-order valence-corrected chi connectivity index (χ0v) is 41.8. The number of para-hydroxylation sites is 2. The van der Waals surface area contributed by atoms with E-state index in [1.807, 2.05) is 0 Å². The number of nitrogens with zero attached hydrogens (tertiary/aromatic N) is 4. The van der Waals surface area contributed by atoms with Crippen LogP contribution in [0.15, 0.2) is 182 Å². The lowest BCUT2D eigenvalue weighted by Gasteiger charge is -2.27. The highest BCUT2D eigenvalue weighted by molar-refractivity contribution is 6.88. The van der Waals surface area contributed by atoms with E-state index < -0.39 is 8.07 Å². The van der Waals surface area contributed by atoms with Gasteiger partial charge in [-0.3, -0.25) is 0 Å². The van der Waals surface area contributed by atoms with Crippen LogP contribution in [0.2, 0.25) is 19.6 Å². The van der Waals surface area contributed by atoms with Crippen LogP contribution in [-0.2, 0) is 0 Å². The largest absolute Gasteiger partial charge is 0.310 e. The number of aryl methyl sites for hydroxylation is 1. The van der Waals surface area contributed by atoms with Crippen LogP contribution in [0.1, 0.15) is 56.2 Å². The Morgan fingerprint density at radius 3 is 1.04 bits per heavy atom. The summed E-state index contributed by atoms with van der Waals surface area (Å²) < 4.78 is 5.07. The number of hydrogen-bond acceptors (Lipinski definition) is 2. The van der Waals surface area contributed by atoms with E-state index in [4.69, 9.17) is 0 Å². The number of hydrogen-bond donors (Lipinski definition) is 0. The third kappa shape index (κ3) is 6.33. The van der Waals surface area contributed by atoms with Gasteiger partial charge in [0.05, 0.1) is 41.2 Å². The zero-order valence-electron chi connectivity index (χ0n) is 40.8.